The van der Waals surface area contributed by atoms with Crippen LogP contribution in [-0.2, 0) is 0 Å². The van der Waals surface area contributed by atoms with Crippen molar-refractivity contribution in [2.24, 2.45) is 0 Å². The van der Waals surface area contributed by atoms with E-state index in [0.29, 0.717) is 23.9 Å². The number of fused-ring (bicyclic) bond motifs is 1. The third-order valence-electron chi connectivity index (χ3n) is 4.10. The molecule has 1 saturated carbocycles. The molecule has 0 aliphatic heterocycles. The van der Waals surface area contributed by atoms with E-state index in [1.807, 2.05) is 0 Å². The van der Waals surface area contributed by atoms with Gasteiger partial charge in [-0.1, -0.05) is 19.3 Å². The molecule has 0 saturated heterocycles. The molecule has 1 amide bonds. The summed E-state index contributed by atoms with van der Waals surface area (Å²) in [4.78, 5) is 19.1. The third-order valence-corrected chi connectivity index (χ3v) is 4.10. The molecule has 6 heteroatoms. The summed E-state index contributed by atoms with van der Waals surface area (Å²) >= 11 is 0. The molecule has 3 rings (SSSR count). The van der Waals surface area contributed by atoms with Gasteiger partial charge in [0.1, 0.15) is 11.3 Å². The van der Waals surface area contributed by atoms with Gasteiger partial charge in [0.15, 0.2) is 0 Å². The Balaban J connectivity index is 1.76. The first-order chi connectivity index (χ1) is 10.1. The Hall–Kier alpha value is -1.95. The summed E-state index contributed by atoms with van der Waals surface area (Å²) in [7, 11) is 0. The highest BCUT2D eigenvalue weighted by Gasteiger charge is 2.29. The number of imidazole rings is 1. The lowest BCUT2D eigenvalue weighted by Gasteiger charge is -2.32. The van der Waals surface area contributed by atoms with Crippen molar-refractivity contribution in [3.63, 3.8) is 0 Å². The number of amides is 1. The molecule has 112 valence electrons. The predicted molar refractivity (Wildman–Crippen MR) is 76.4 cm³/mol. The van der Waals surface area contributed by atoms with Crippen LogP contribution in [0.4, 0.5) is 4.39 Å². The number of carbonyl (C=O) groups excluding carboxylic acids is 1. The highest BCUT2D eigenvalue weighted by atomic mass is 19.1. The van der Waals surface area contributed by atoms with Crippen LogP contribution in [0.5, 0.6) is 0 Å². The summed E-state index contributed by atoms with van der Waals surface area (Å²) in [5.41, 5.74) is 0.262. The number of rotatable bonds is 3. The first-order valence-corrected chi connectivity index (χ1v) is 7.21. The molecule has 1 heterocycles. The molecule has 5 nitrogen and oxygen atoms in total. The number of nitrogens with one attached hydrogen (secondary N) is 2. The summed E-state index contributed by atoms with van der Waals surface area (Å²) in [6.45, 7) is 0.189. The fourth-order valence-electron chi connectivity index (χ4n) is 2.91. The zero-order valence-corrected chi connectivity index (χ0v) is 11.7. The first-order valence-electron chi connectivity index (χ1n) is 7.21. The molecule has 1 aliphatic rings. The van der Waals surface area contributed by atoms with Crippen LogP contribution >= 0.6 is 0 Å². The Bertz CT molecular complexity index is 662. The molecule has 3 N–H and O–H groups in total. The predicted octanol–water partition coefficient (Wildman–Crippen LogP) is 2.13. The van der Waals surface area contributed by atoms with Gasteiger partial charge in [-0.05, 0) is 25.0 Å². The topological polar surface area (TPSA) is 78.0 Å². The molecular formula is C15H18FN3O2. The minimum absolute atomic E-state index is 0.186. The Morgan fingerprint density at radius 2 is 2.14 bits per heavy atom. The number of carbonyl (C=O) groups is 1. The van der Waals surface area contributed by atoms with E-state index in [0.717, 1.165) is 19.3 Å². The Kier molecular flexibility index (Phi) is 3.63. The maximum absolute atomic E-state index is 13.5. The SMILES string of the molecule is O=C(NCC1(O)CCCCC1)c1cc(F)cc2[nH]cnc12. The summed E-state index contributed by atoms with van der Waals surface area (Å²) in [6, 6.07) is 2.47. The van der Waals surface area contributed by atoms with Crippen molar-refractivity contribution in [1.82, 2.24) is 15.3 Å². The van der Waals surface area contributed by atoms with Gasteiger partial charge < -0.3 is 15.4 Å². The monoisotopic (exact) mass is 291 g/mol. The van der Waals surface area contributed by atoms with Crippen molar-refractivity contribution in [1.29, 1.82) is 0 Å². The molecule has 0 atom stereocenters. The number of halogens is 1. The number of nitrogens with zero attached hydrogens (tertiary/aromatic N) is 1. The van der Waals surface area contributed by atoms with Crippen LogP contribution in [0, 0.1) is 5.82 Å². The molecule has 1 aromatic carbocycles. The molecular weight excluding hydrogens is 273 g/mol. The number of hydrogen-bond acceptors (Lipinski definition) is 3. The molecule has 21 heavy (non-hydrogen) atoms. The molecule has 2 aromatic rings. The Morgan fingerprint density at radius 3 is 2.90 bits per heavy atom. The van der Waals surface area contributed by atoms with Crippen LogP contribution in [0.3, 0.4) is 0 Å². The van der Waals surface area contributed by atoms with Gasteiger partial charge in [-0.25, -0.2) is 9.37 Å². The third kappa shape index (κ3) is 2.90. The molecule has 1 fully saturated rings. The van der Waals surface area contributed by atoms with Crippen molar-refractivity contribution < 1.29 is 14.3 Å². The van der Waals surface area contributed by atoms with E-state index in [4.69, 9.17) is 0 Å². The minimum Gasteiger partial charge on any atom is -0.388 e. The van der Waals surface area contributed by atoms with Crippen LogP contribution in [-0.4, -0.2) is 33.1 Å². The average Bonchev–Trinajstić information content (AvgIpc) is 2.93. The largest absolute Gasteiger partial charge is 0.388 e. The van der Waals surface area contributed by atoms with E-state index >= 15 is 0 Å². The fourth-order valence-corrected chi connectivity index (χ4v) is 2.91. The summed E-state index contributed by atoms with van der Waals surface area (Å²) in [5, 5.41) is 13.1. The lowest BCUT2D eigenvalue weighted by Crippen LogP contribution is -2.44. The lowest BCUT2D eigenvalue weighted by molar-refractivity contribution is 0.00527. The summed E-state index contributed by atoms with van der Waals surface area (Å²) in [5.74, 6) is -0.904. The van der Waals surface area contributed by atoms with Crippen molar-refractivity contribution in [2.75, 3.05) is 6.54 Å². The molecule has 0 radical (unpaired) electrons. The lowest BCUT2D eigenvalue weighted by atomic mass is 9.85. The van der Waals surface area contributed by atoms with Crippen molar-refractivity contribution in [2.45, 2.75) is 37.7 Å². The maximum Gasteiger partial charge on any atom is 0.253 e. The zero-order chi connectivity index (χ0) is 14.9. The minimum atomic E-state index is -0.841. The van der Waals surface area contributed by atoms with Crippen LogP contribution in [0.1, 0.15) is 42.5 Å². The van der Waals surface area contributed by atoms with Gasteiger partial charge in [-0.15, -0.1) is 0 Å². The number of benzene rings is 1. The summed E-state index contributed by atoms with van der Waals surface area (Å²) in [6.07, 6.45) is 5.86. The molecule has 1 aromatic heterocycles. The van der Waals surface area contributed by atoms with E-state index in [1.54, 1.807) is 0 Å². The van der Waals surface area contributed by atoms with Crippen LogP contribution in [0.25, 0.3) is 11.0 Å². The molecule has 0 bridgehead atoms. The number of H-pyrrole nitrogens is 1. The maximum atomic E-state index is 13.5. The zero-order valence-electron chi connectivity index (χ0n) is 11.7. The van der Waals surface area contributed by atoms with Gasteiger partial charge in [-0.2, -0.15) is 0 Å². The highest BCUT2D eigenvalue weighted by molar-refractivity contribution is 6.04. The smallest absolute Gasteiger partial charge is 0.253 e. The highest BCUT2D eigenvalue weighted by Crippen LogP contribution is 2.27. The molecule has 0 unspecified atom stereocenters. The van der Waals surface area contributed by atoms with E-state index in [2.05, 4.69) is 15.3 Å². The molecule has 1 aliphatic carbocycles. The van der Waals surface area contributed by atoms with Crippen molar-refractivity contribution in [3.8, 4) is 0 Å². The van der Waals surface area contributed by atoms with Gasteiger partial charge in [0, 0.05) is 6.54 Å². The van der Waals surface area contributed by atoms with E-state index in [-0.39, 0.29) is 12.1 Å². The van der Waals surface area contributed by atoms with Gasteiger partial charge in [0.05, 0.1) is 23.0 Å². The second-order valence-corrected chi connectivity index (χ2v) is 5.72. The second kappa shape index (κ2) is 5.44. The molecule has 0 spiro atoms. The number of hydrogen-bond donors (Lipinski definition) is 3. The second-order valence-electron chi connectivity index (χ2n) is 5.72. The van der Waals surface area contributed by atoms with E-state index in [9.17, 15) is 14.3 Å². The van der Waals surface area contributed by atoms with Crippen LogP contribution < -0.4 is 5.32 Å². The van der Waals surface area contributed by atoms with Gasteiger partial charge in [-0.3, -0.25) is 4.79 Å². The Morgan fingerprint density at radius 1 is 1.38 bits per heavy atom. The van der Waals surface area contributed by atoms with Crippen LogP contribution in [0.2, 0.25) is 0 Å². The normalized spacial score (nSPS) is 17.8. The van der Waals surface area contributed by atoms with Gasteiger partial charge >= 0.3 is 0 Å². The number of aromatic amines is 1. The average molecular weight is 291 g/mol. The fraction of sp³-hybridized carbons (Fsp3) is 0.467. The van der Waals surface area contributed by atoms with Gasteiger partial charge in [0.2, 0.25) is 0 Å². The van der Waals surface area contributed by atoms with Gasteiger partial charge in [0.25, 0.3) is 5.91 Å². The quantitative estimate of drug-likeness (QED) is 0.810. The van der Waals surface area contributed by atoms with Crippen molar-refractivity contribution >= 4 is 16.9 Å². The summed E-state index contributed by atoms with van der Waals surface area (Å²) < 4.78 is 13.5. The van der Waals surface area contributed by atoms with E-state index in [1.165, 1.54) is 18.5 Å². The van der Waals surface area contributed by atoms with Crippen LogP contribution in [0.15, 0.2) is 18.5 Å². The number of aromatic nitrogens is 2. The standard InChI is InChI=1S/C15H18FN3O2/c16-10-6-11(13-12(7-10)18-9-19-13)14(20)17-8-15(21)4-2-1-3-5-15/h6-7,9,21H,1-5,8H2,(H,17,20)(H,18,19). The van der Waals surface area contributed by atoms with Crippen molar-refractivity contribution in [3.05, 3.63) is 29.8 Å². The first kappa shape index (κ1) is 14.0. The Labute approximate surface area is 121 Å². The van der Waals surface area contributed by atoms with E-state index < -0.39 is 17.3 Å². The number of aliphatic hydroxyl groups is 1.